The number of benzene rings is 1. The van der Waals surface area contributed by atoms with E-state index in [9.17, 15) is 4.79 Å². The Labute approximate surface area is 128 Å². The molecule has 0 saturated heterocycles. The Morgan fingerprint density at radius 3 is 2.85 bits per heavy atom. The van der Waals surface area contributed by atoms with E-state index in [0.29, 0.717) is 12.6 Å². The van der Waals surface area contributed by atoms with Crippen molar-refractivity contribution in [2.24, 2.45) is 0 Å². The third-order valence-electron chi connectivity index (χ3n) is 4.33. The monoisotopic (exact) mass is 337 g/mol. The summed E-state index contributed by atoms with van der Waals surface area (Å²) in [4.78, 5) is 15.0. The first-order valence-corrected chi connectivity index (χ1v) is 8.51. The van der Waals surface area contributed by atoms with Gasteiger partial charge in [0.2, 0.25) is 5.91 Å². The fourth-order valence-electron chi connectivity index (χ4n) is 2.97. The summed E-state index contributed by atoms with van der Waals surface area (Å²) < 4.78 is 5.66. The van der Waals surface area contributed by atoms with E-state index in [1.54, 1.807) is 0 Å². The maximum absolute atomic E-state index is 12.9. The highest BCUT2D eigenvalue weighted by Crippen LogP contribution is 2.36. The van der Waals surface area contributed by atoms with Gasteiger partial charge in [-0.2, -0.15) is 0 Å². The number of alkyl halides is 1. The van der Waals surface area contributed by atoms with Gasteiger partial charge < -0.3 is 9.64 Å². The molecule has 1 aliphatic carbocycles. The third kappa shape index (κ3) is 2.58. The van der Waals surface area contributed by atoms with Crippen LogP contribution >= 0.6 is 15.9 Å². The number of halogens is 1. The number of ether oxygens (including phenoxy) is 1. The summed E-state index contributed by atoms with van der Waals surface area (Å²) in [6.45, 7) is 1.35. The number of hydrogen-bond donors (Lipinski definition) is 0. The van der Waals surface area contributed by atoms with E-state index in [2.05, 4.69) is 20.8 Å². The fourth-order valence-corrected chi connectivity index (χ4v) is 3.22. The van der Waals surface area contributed by atoms with Crippen LogP contribution in [0.5, 0.6) is 5.75 Å². The van der Waals surface area contributed by atoms with Gasteiger partial charge in [0.1, 0.15) is 18.3 Å². The summed E-state index contributed by atoms with van der Waals surface area (Å²) in [5.74, 6) is 1.02. The van der Waals surface area contributed by atoms with Gasteiger partial charge >= 0.3 is 0 Å². The molecule has 1 aromatic rings. The van der Waals surface area contributed by atoms with E-state index in [1.165, 1.54) is 6.42 Å². The molecule has 1 unspecified atom stereocenters. The number of rotatable bonds is 5. The SMILES string of the molecule is O=C(C1COc2ccccc21)N(CCCBr)C1CCC1. The number of amides is 1. The molecule has 1 aromatic carbocycles. The Balaban J connectivity index is 1.76. The largest absolute Gasteiger partial charge is 0.492 e. The molecule has 1 saturated carbocycles. The number of nitrogens with zero attached hydrogens (tertiary/aromatic N) is 1. The maximum Gasteiger partial charge on any atom is 0.233 e. The second-order valence-electron chi connectivity index (χ2n) is 5.56. The second kappa shape index (κ2) is 6.17. The molecule has 1 atom stereocenters. The van der Waals surface area contributed by atoms with Gasteiger partial charge in [-0.25, -0.2) is 0 Å². The van der Waals surface area contributed by atoms with Crippen LogP contribution < -0.4 is 4.74 Å². The lowest BCUT2D eigenvalue weighted by Crippen LogP contribution is -2.47. The summed E-state index contributed by atoms with van der Waals surface area (Å²) in [6.07, 6.45) is 4.57. The van der Waals surface area contributed by atoms with Crippen molar-refractivity contribution in [2.75, 3.05) is 18.5 Å². The summed E-state index contributed by atoms with van der Waals surface area (Å²) in [7, 11) is 0. The van der Waals surface area contributed by atoms with Crippen molar-refractivity contribution < 1.29 is 9.53 Å². The van der Waals surface area contributed by atoms with E-state index in [0.717, 1.165) is 42.5 Å². The van der Waals surface area contributed by atoms with Gasteiger partial charge in [0.15, 0.2) is 0 Å². The minimum atomic E-state index is -0.109. The minimum Gasteiger partial charge on any atom is -0.492 e. The van der Waals surface area contributed by atoms with E-state index in [-0.39, 0.29) is 11.8 Å². The number of hydrogen-bond acceptors (Lipinski definition) is 2. The summed E-state index contributed by atoms with van der Waals surface area (Å²) in [5.41, 5.74) is 1.06. The van der Waals surface area contributed by atoms with Crippen LogP contribution in [-0.4, -0.2) is 35.3 Å². The summed E-state index contributed by atoms with van der Waals surface area (Å²) in [5, 5.41) is 0.946. The lowest BCUT2D eigenvalue weighted by molar-refractivity contribution is -0.137. The first-order chi connectivity index (χ1) is 9.81. The van der Waals surface area contributed by atoms with Crippen LogP contribution in [0.1, 0.15) is 37.2 Å². The lowest BCUT2D eigenvalue weighted by Gasteiger charge is -2.38. The van der Waals surface area contributed by atoms with E-state index >= 15 is 0 Å². The molecule has 0 aromatic heterocycles. The molecular weight excluding hydrogens is 318 g/mol. The van der Waals surface area contributed by atoms with Gasteiger partial charge in [0.05, 0.1) is 0 Å². The van der Waals surface area contributed by atoms with Crippen LogP contribution in [-0.2, 0) is 4.79 Å². The molecule has 4 heteroatoms. The van der Waals surface area contributed by atoms with Crippen molar-refractivity contribution in [3.8, 4) is 5.75 Å². The number of carbonyl (C=O) groups excluding carboxylic acids is 1. The molecule has 1 heterocycles. The van der Waals surface area contributed by atoms with Crippen molar-refractivity contribution in [3.63, 3.8) is 0 Å². The molecule has 1 amide bonds. The Kier molecular flexibility index (Phi) is 4.29. The van der Waals surface area contributed by atoms with Crippen molar-refractivity contribution in [1.82, 2.24) is 4.90 Å². The van der Waals surface area contributed by atoms with Crippen LogP contribution in [0.15, 0.2) is 24.3 Å². The zero-order chi connectivity index (χ0) is 13.9. The minimum absolute atomic E-state index is 0.109. The molecule has 1 fully saturated rings. The molecule has 108 valence electrons. The molecule has 20 heavy (non-hydrogen) atoms. The maximum atomic E-state index is 12.9. The summed E-state index contributed by atoms with van der Waals surface area (Å²) >= 11 is 3.46. The average Bonchev–Trinajstić information content (AvgIpc) is 2.84. The lowest BCUT2D eigenvalue weighted by atomic mass is 9.89. The van der Waals surface area contributed by atoms with Crippen molar-refractivity contribution >= 4 is 21.8 Å². The predicted octanol–water partition coefficient (Wildman–Crippen LogP) is 3.33. The van der Waals surface area contributed by atoms with E-state index in [4.69, 9.17) is 4.74 Å². The van der Waals surface area contributed by atoms with Crippen LogP contribution in [0.25, 0.3) is 0 Å². The molecule has 0 radical (unpaired) electrons. The topological polar surface area (TPSA) is 29.5 Å². The molecule has 3 rings (SSSR count). The Morgan fingerprint density at radius 2 is 2.15 bits per heavy atom. The van der Waals surface area contributed by atoms with Crippen molar-refractivity contribution in [2.45, 2.75) is 37.6 Å². The molecular formula is C16H20BrNO2. The van der Waals surface area contributed by atoms with Crippen LogP contribution in [0.4, 0.5) is 0 Å². The van der Waals surface area contributed by atoms with Gasteiger partial charge in [-0.1, -0.05) is 34.1 Å². The molecule has 2 aliphatic rings. The third-order valence-corrected chi connectivity index (χ3v) is 4.89. The van der Waals surface area contributed by atoms with Crippen LogP contribution in [0.2, 0.25) is 0 Å². The number of para-hydroxylation sites is 1. The normalized spacial score (nSPS) is 20.9. The van der Waals surface area contributed by atoms with Gasteiger partial charge in [-0.15, -0.1) is 0 Å². The van der Waals surface area contributed by atoms with Gasteiger partial charge in [0, 0.05) is 23.5 Å². The summed E-state index contributed by atoms with van der Waals surface area (Å²) in [6, 6.07) is 8.37. The molecule has 3 nitrogen and oxygen atoms in total. The van der Waals surface area contributed by atoms with Gasteiger partial charge in [0.25, 0.3) is 0 Å². The predicted molar refractivity (Wildman–Crippen MR) is 82.4 cm³/mol. The standard InChI is InChI=1S/C16H20BrNO2/c17-9-4-10-18(12-5-3-6-12)16(19)14-11-20-15-8-2-1-7-13(14)15/h1-2,7-8,12,14H,3-6,9-11H2. The van der Waals surface area contributed by atoms with Gasteiger partial charge in [-0.05, 0) is 31.7 Å². The number of carbonyl (C=O) groups is 1. The smallest absolute Gasteiger partial charge is 0.233 e. The van der Waals surface area contributed by atoms with E-state index < -0.39 is 0 Å². The van der Waals surface area contributed by atoms with E-state index in [1.807, 2.05) is 24.3 Å². The Bertz CT molecular complexity index is 487. The highest BCUT2D eigenvalue weighted by atomic mass is 79.9. The Morgan fingerprint density at radius 1 is 1.35 bits per heavy atom. The highest BCUT2D eigenvalue weighted by molar-refractivity contribution is 9.09. The zero-order valence-corrected chi connectivity index (χ0v) is 13.1. The molecule has 0 N–H and O–H groups in total. The fraction of sp³-hybridized carbons (Fsp3) is 0.562. The zero-order valence-electron chi connectivity index (χ0n) is 11.6. The van der Waals surface area contributed by atoms with Crippen LogP contribution in [0.3, 0.4) is 0 Å². The molecule has 1 aliphatic heterocycles. The van der Waals surface area contributed by atoms with Gasteiger partial charge in [-0.3, -0.25) is 4.79 Å². The highest BCUT2D eigenvalue weighted by Gasteiger charge is 2.37. The second-order valence-corrected chi connectivity index (χ2v) is 6.35. The molecule has 0 bridgehead atoms. The number of fused-ring (bicyclic) bond motifs is 1. The molecule has 0 spiro atoms. The van der Waals surface area contributed by atoms with Crippen molar-refractivity contribution in [1.29, 1.82) is 0 Å². The van der Waals surface area contributed by atoms with Crippen molar-refractivity contribution in [3.05, 3.63) is 29.8 Å². The first-order valence-electron chi connectivity index (χ1n) is 7.39. The average molecular weight is 338 g/mol. The van der Waals surface area contributed by atoms with Crippen LogP contribution in [0, 0.1) is 0 Å². The Hall–Kier alpha value is -1.03. The first kappa shape index (κ1) is 13.9. The quantitative estimate of drug-likeness (QED) is 0.771.